The molecule has 2 nitrogen and oxygen atoms in total. The van der Waals surface area contributed by atoms with Gasteiger partial charge in [0.1, 0.15) is 5.82 Å². The topological polar surface area (TPSA) is 24.9 Å². The lowest BCUT2D eigenvalue weighted by Crippen LogP contribution is -2.18. The number of aryl methyl sites for hydroxylation is 1. The molecule has 0 amide bonds. The molecule has 0 spiro atoms. The Kier molecular flexibility index (Phi) is 2.21. The molecular formula is C11H16N2. The van der Waals surface area contributed by atoms with Crippen LogP contribution in [0.25, 0.3) is 0 Å². The first-order valence-electron chi connectivity index (χ1n) is 4.96. The highest BCUT2D eigenvalue weighted by molar-refractivity contribution is 5.36. The van der Waals surface area contributed by atoms with Gasteiger partial charge in [-0.2, -0.15) is 0 Å². The van der Waals surface area contributed by atoms with Gasteiger partial charge in [-0.3, -0.25) is 0 Å². The quantitative estimate of drug-likeness (QED) is 0.765. The van der Waals surface area contributed by atoms with Gasteiger partial charge in [0.15, 0.2) is 0 Å². The maximum Gasteiger partial charge on any atom is 0.126 e. The Morgan fingerprint density at radius 1 is 1.46 bits per heavy atom. The first-order chi connectivity index (χ1) is 6.25. The summed E-state index contributed by atoms with van der Waals surface area (Å²) in [6.45, 7) is 4.26. The highest BCUT2D eigenvalue weighted by atomic mass is 15.0. The van der Waals surface area contributed by atoms with Crippen LogP contribution in [0, 0.1) is 12.8 Å². The molecule has 1 atom stereocenters. The smallest absolute Gasteiger partial charge is 0.126 e. The Balaban J connectivity index is 2.00. The number of nitrogens with one attached hydrogen (secondary N) is 1. The summed E-state index contributed by atoms with van der Waals surface area (Å²) in [4.78, 5) is 4.41. The number of aromatic nitrogens is 1. The lowest BCUT2D eigenvalue weighted by Gasteiger charge is -2.13. The zero-order valence-corrected chi connectivity index (χ0v) is 8.25. The van der Waals surface area contributed by atoms with Crippen LogP contribution < -0.4 is 5.32 Å². The van der Waals surface area contributed by atoms with E-state index >= 15 is 0 Å². The van der Waals surface area contributed by atoms with Crippen LogP contribution in [-0.2, 0) is 0 Å². The fourth-order valence-electron chi connectivity index (χ4n) is 1.57. The maximum atomic E-state index is 4.41. The third-order valence-electron chi connectivity index (χ3n) is 2.59. The van der Waals surface area contributed by atoms with E-state index in [0.717, 1.165) is 17.4 Å². The van der Waals surface area contributed by atoms with Gasteiger partial charge in [0.2, 0.25) is 0 Å². The van der Waals surface area contributed by atoms with E-state index < -0.39 is 0 Å². The van der Waals surface area contributed by atoms with Gasteiger partial charge in [0.25, 0.3) is 0 Å². The zero-order chi connectivity index (χ0) is 9.26. The van der Waals surface area contributed by atoms with Gasteiger partial charge in [-0.25, -0.2) is 4.98 Å². The molecule has 0 bridgehead atoms. The van der Waals surface area contributed by atoms with Crippen molar-refractivity contribution in [3.63, 3.8) is 0 Å². The molecule has 0 saturated heterocycles. The van der Waals surface area contributed by atoms with E-state index in [0.29, 0.717) is 6.04 Å². The molecule has 1 saturated carbocycles. The second-order valence-electron chi connectivity index (χ2n) is 3.93. The maximum absolute atomic E-state index is 4.41. The molecule has 0 aliphatic heterocycles. The number of rotatable bonds is 3. The number of hydrogen-bond donors (Lipinski definition) is 1. The molecular weight excluding hydrogens is 160 g/mol. The van der Waals surface area contributed by atoms with Crippen molar-refractivity contribution < 1.29 is 0 Å². The van der Waals surface area contributed by atoms with Crippen molar-refractivity contribution in [3.05, 3.63) is 23.9 Å². The van der Waals surface area contributed by atoms with E-state index in [1.807, 2.05) is 25.1 Å². The Hall–Kier alpha value is -1.05. The normalized spacial score (nSPS) is 18.3. The van der Waals surface area contributed by atoms with Crippen LogP contribution in [0.5, 0.6) is 0 Å². The molecule has 1 aromatic rings. The molecule has 1 fully saturated rings. The predicted octanol–water partition coefficient (Wildman–Crippen LogP) is 2.60. The van der Waals surface area contributed by atoms with Crippen molar-refractivity contribution in [1.82, 2.24) is 4.98 Å². The molecule has 0 aromatic carbocycles. The van der Waals surface area contributed by atoms with Gasteiger partial charge < -0.3 is 5.32 Å². The minimum Gasteiger partial charge on any atom is -0.367 e. The van der Waals surface area contributed by atoms with Crippen LogP contribution in [0.4, 0.5) is 5.82 Å². The van der Waals surface area contributed by atoms with Crippen LogP contribution in [0.3, 0.4) is 0 Å². The summed E-state index contributed by atoms with van der Waals surface area (Å²) in [5, 5.41) is 3.43. The predicted molar refractivity (Wildman–Crippen MR) is 54.8 cm³/mol. The minimum absolute atomic E-state index is 0.578. The Labute approximate surface area is 79.4 Å². The van der Waals surface area contributed by atoms with Crippen molar-refractivity contribution in [2.75, 3.05) is 5.32 Å². The van der Waals surface area contributed by atoms with Crippen molar-refractivity contribution in [2.24, 2.45) is 5.92 Å². The second-order valence-corrected chi connectivity index (χ2v) is 3.93. The summed E-state index contributed by atoms with van der Waals surface area (Å²) in [6, 6.07) is 6.68. The summed E-state index contributed by atoms with van der Waals surface area (Å²) >= 11 is 0. The highest BCUT2D eigenvalue weighted by Gasteiger charge is 2.27. The fourth-order valence-corrected chi connectivity index (χ4v) is 1.57. The molecule has 13 heavy (non-hydrogen) atoms. The SMILES string of the molecule is Cc1cccc(NC(C)C2CC2)n1. The fraction of sp³-hybridized carbons (Fsp3) is 0.545. The van der Waals surface area contributed by atoms with Crippen LogP contribution in [0.2, 0.25) is 0 Å². The van der Waals surface area contributed by atoms with Gasteiger partial charge in [-0.15, -0.1) is 0 Å². The second kappa shape index (κ2) is 3.36. The summed E-state index contributed by atoms with van der Waals surface area (Å²) < 4.78 is 0. The summed E-state index contributed by atoms with van der Waals surface area (Å²) in [6.07, 6.45) is 2.75. The van der Waals surface area contributed by atoms with Crippen LogP contribution in [0.1, 0.15) is 25.5 Å². The largest absolute Gasteiger partial charge is 0.367 e. The van der Waals surface area contributed by atoms with Gasteiger partial charge in [-0.1, -0.05) is 6.07 Å². The number of anilines is 1. The Morgan fingerprint density at radius 3 is 2.85 bits per heavy atom. The highest BCUT2D eigenvalue weighted by Crippen LogP contribution is 2.33. The third kappa shape index (κ3) is 2.20. The van der Waals surface area contributed by atoms with Crippen LogP contribution >= 0.6 is 0 Å². The molecule has 1 aliphatic rings. The lowest BCUT2D eigenvalue weighted by molar-refractivity contribution is 0.690. The van der Waals surface area contributed by atoms with Crippen LogP contribution in [0.15, 0.2) is 18.2 Å². The van der Waals surface area contributed by atoms with Crippen molar-refractivity contribution in [1.29, 1.82) is 0 Å². The van der Waals surface area contributed by atoms with Crippen molar-refractivity contribution >= 4 is 5.82 Å². The van der Waals surface area contributed by atoms with E-state index in [9.17, 15) is 0 Å². The number of hydrogen-bond acceptors (Lipinski definition) is 2. The Morgan fingerprint density at radius 2 is 2.23 bits per heavy atom. The van der Waals surface area contributed by atoms with E-state index in [-0.39, 0.29) is 0 Å². The average molecular weight is 176 g/mol. The first kappa shape index (κ1) is 8.54. The monoisotopic (exact) mass is 176 g/mol. The Bertz CT molecular complexity index is 292. The third-order valence-corrected chi connectivity index (χ3v) is 2.59. The van der Waals surface area contributed by atoms with Gasteiger partial charge in [0.05, 0.1) is 0 Å². The summed E-state index contributed by atoms with van der Waals surface area (Å²) in [7, 11) is 0. The zero-order valence-electron chi connectivity index (χ0n) is 8.25. The summed E-state index contributed by atoms with van der Waals surface area (Å²) in [5.74, 6) is 1.89. The average Bonchev–Trinajstić information content (AvgIpc) is 2.85. The first-order valence-corrected chi connectivity index (χ1v) is 4.96. The van der Waals surface area contributed by atoms with E-state index in [2.05, 4.69) is 17.2 Å². The minimum atomic E-state index is 0.578. The molecule has 70 valence electrons. The van der Waals surface area contributed by atoms with Gasteiger partial charge in [-0.05, 0) is 44.7 Å². The van der Waals surface area contributed by atoms with Gasteiger partial charge >= 0.3 is 0 Å². The molecule has 1 N–H and O–H groups in total. The lowest BCUT2D eigenvalue weighted by atomic mass is 10.2. The van der Waals surface area contributed by atoms with Crippen LogP contribution in [-0.4, -0.2) is 11.0 Å². The number of nitrogens with zero attached hydrogens (tertiary/aromatic N) is 1. The molecule has 0 radical (unpaired) electrons. The van der Waals surface area contributed by atoms with E-state index in [4.69, 9.17) is 0 Å². The van der Waals surface area contributed by atoms with Gasteiger partial charge in [0, 0.05) is 11.7 Å². The molecule has 1 heterocycles. The van der Waals surface area contributed by atoms with Crippen molar-refractivity contribution in [2.45, 2.75) is 32.7 Å². The molecule has 1 aromatic heterocycles. The summed E-state index contributed by atoms with van der Waals surface area (Å²) in [5.41, 5.74) is 1.08. The molecule has 2 heteroatoms. The molecule has 2 rings (SSSR count). The standard InChI is InChI=1S/C11H16N2/c1-8-4-3-5-11(12-8)13-9(2)10-6-7-10/h3-5,9-10H,6-7H2,1-2H3,(H,12,13). The number of pyridine rings is 1. The molecule has 1 unspecified atom stereocenters. The molecule has 1 aliphatic carbocycles. The van der Waals surface area contributed by atoms with E-state index in [1.54, 1.807) is 0 Å². The van der Waals surface area contributed by atoms with Crippen molar-refractivity contribution in [3.8, 4) is 0 Å². The van der Waals surface area contributed by atoms with E-state index in [1.165, 1.54) is 12.8 Å².